The summed E-state index contributed by atoms with van der Waals surface area (Å²) in [5.41, 5.74) is 3.48. The molecule has 110 valence electrons. The molecule has 0 aliphatic heterocycles. The maximum Gasteiger partial charge on any atom is 0.0681 e. The average Bonchev–Trinajstić information content (AvgIpc) is 3.34. The van der Waals surface area contributed by atoms with Crippen LogP contribution in [-0.2, 0) is 13.2 Å². The summed E-state index contributed by atoms with van der Waals surface area (Å²) in [6, 6.07) is 16.6. The van der Waals surface area contributed by atoms with Crippen LogP contribution >= 0.6 is 11.6 Å². The predicted octanol–water partition coefficient (Wildman–Crippen LogP) is 4.07. The monoisotopic (exact) mass is 301 g/mol. The van der Waals surface area contributed by atoms with E-state index in [1.165, 1.54) is 24.0 Å². The lowest BCUT2D eigenvalue weighted by molar-refractivity contribution is 0.281. The van der Waals surface area contributed by atoms with Gasteiger partial charge in [-0.25, -0.2) is 0 Å². The van der Waals surface area contributed by atoms with Crippen molar-refractivity contribution in [2.24, 2.45) is 5.92 Å². The third kappa shape index (κ3) is 3.85. The first-order valence-corrected chi connectivity index (χ1v) is 7.81. The fourth-order valence-corrected chi connectivity index (χ4v) is 2.85. The molecule has 1 fully saturated rings. The Labute approximate surface area is 130 Å². The van der Waals surface area contributed by atoms with Gasteiger partial charge in [0.05, 0.1) is 6.61 Å². The van der Waals surface area contributed by atoms with Gasteiger partial charge >= 0.3 is 0 Å². The summed E-state index contributed by atoms with van der Waals surface area (Å²) in [7, 11) is 0. The van der Waals surface area contributed by atoms with Crippen LogP contribution in [0.25, 0.3) is 0 Å². The molecular weight excluding hydrogens is 282 g/mol. The van der Waals surface area contributed by atoms with Crippen LogP contribution in [0.5, 0.6) is 0 Å². The number of halogens is 1. The molecule has 0 amide bonds. The molecule has 21 heavy (non-hydrogen) atoms. The molecule has 3 rings (SSSR count). The Hall–Kier alpha value is -1.35. The number of hydrogen-bond donors (Lipinski definition) is 2. The van der Waals surface area contributed by atoms with E-state index in [0.29, 0.717) is 6.04 Å². The summed E-state index contributed by atoms with van der Waals surface area (Å²) in [6.45, 7) is 0.911. The molecule has 2 nitrogen and oxygen atoms in total. The number of rotatable bonds is 6. The van der Waals surface area contributed by atoms with Crippen molar-refractivity contribution >= 4 is 11.6 Å². The Morgan fingerprint density at radius 1 is 1.10 bits per heavy atom. The van der Waals surface area contributed by atoms with Gasteiger partial charge in [-0.15, -0.1) is 0 Å². The zero-order chi connectivity index (χ0) is 14.7. The molecule has 3 heteroatoms. The lowest BCUT2D eigenvalue weighted by Crippen LogP contribution is -2.22. The second-order valence-electron chi connectivity index (χ2n) is 5.73. The summed E-state index contributed by atoms with van der Waals surface area (Å²) in [6.07, 6.45) is 2.58. The molecule has 1 aliphatic rings. The Morgan fingerprint density at radius 3 is 2.48 bits per heavy atom. The van der Waals surface area contributed by atoms with Crippen LogP contribution in [-0.4, -0.2) is 5.11 Å². The average molecular weight is 302 g/mol. The summed E-state index contributed by atoms with van der Waals surface area (Å²) < 4.78 is 0. The first-order valence-electron chi connectivity index (χ1n) is 7.44. The van der Waals surface area contributed by atoms with Crippen molar-refractivity contribution in [1.82, 2.24) is 5.32 Å². The smallest absolute Gasteiger partial charge is 0.0681 e. The van der Waals surface area contributed by atoms with E-state index in [9.17, 15) is 5.11 Å². The summed E-state index contributed by atoms with van der Waals surface area (Å²) in [5.74, 6) is 0.729. The molecule has 0 saturated heterocycles. The molecule has 2 aromatic rings. The summed E-state index contributed by atoms with van der Waals surface area (Å²) >= 11 is 5.97. The minimum absolute atomic E-state index is 0.0943. The normalized spacial score (nSPS) is 15.9. The van der Waals surface area contributed by atoms with Crippen molar-refractivity contribution in [3.63, 3.8) is 0 Å². The highest BCUT2D eigenvalue weighted by molar-refractivity contribution is 6.30. The summed E-state index contributed by atoms with van der Waals surface area (Å²) in [4.78, 5) is 0. The van der Waals surface area contributed by atoms with Gasteiger partial charge < -0.3 is 10.4 Å². The SMILES string of the molecule is OCc1cccc(CNC(c2ccc(Cl)cc2)C2CC2)c1. The predicted molar refractivity (Wildman–Crippen MR) is 86.1 cm³/mol. The van der Waals surface area contributed by atoms with E-state index in [1.54, 1.807) is 0 Å². The molecule has 2 N–H and O–H groups in total. The van der Waals surface area contributed by atoms with E-state index in [2.05, 4.69) is 29.6 Å². The molecule has 0 heterocycles. The minimum Gasteiger partial charge on any atom is -0.392 e. The van der Waals surface area contributed by atoms with Gasteiger partial charge in [-0.3, -0.25) is 0 Å². The van der Waals surface area contributed by atoms with Crippen molar-refractivity contribution in [1.29, 1.82) is 0 Å². The number of hydrogen-bond acceptors (Lipinski definition) is 2. The van der Waals surface area contributed by atoms with E-state index >= 15 is 0 Å². The van der Waals surface area contributed by atoms with Crippen LogP contribution in [0.3, 0.4) is 0 Å². The fourth-order valence-electron chi connectivity index (χ4n) is 2.72. The van der Waals surface area contributed by atoms with E-state index in [1.807, 2.05) is 24.3 Å². The second-order valence-corrected chi connectivity index (χ2v) is 6.16. The molecule has 1 aliphatic carbocycles. The van der Waals surface area contributed by atoms with E-state index in [4.69, 9.17) is 11.6 Å². The van der Waals surface area contributed by atoms with E-state index in [0.717, 1.165) is 23.0 Å². The lowest BCUT2D eigenvalue weighted by atomic mass is 10.0. The van der Waals surface area contributed by atoms with Gasteiger partial charge in [-0.2, -0.15) is 0 Å². The van der Waals surface area contributed by atoms with Gasteiger partial charge in [-0.1, -0.05) is 48.0 Å². The van der Waals surface area contributed by atoms with Crippen molar-refractivity contribution < 1.29 is 5.11 Å². The van der Waals surface area contributed by atoms with Crippen LogP contribution in [0.4, 0.5) is 0 Å². The molecule has 2 aromatic carbocycles. The maximum absolute atomic E-state index is 9.21. The van der Waals surface area contributed by atoms with Crippen LogP contribution in [0, 0.1) is 5.92 Å². The lowest BCUT2D eigenvalue weighted by Gasteiger charge is -2.19. The van der Waals surface area contributed by atoms with Crippen molar-refractivity contribution in [3.8, 4) is 0 Å². The van der Waals surface area contributed by atoms with Crippen LogP contribution < -0.4 is 5.32 Å². The number of aliphatic hydroxyl groups is 1. The highest BCUT2D eigenvalue weighted by Gasteiger charge is 2.31. The zero-order valence-corrected chi connectivity index (χ0v) is 12.7. The van der Waals surface area contributed by atoms with Gasteiger partial charge in [0.2, 0.25) is 0 Å². The molecule has 1 saturated carbocycles. The van der Waals surface area contributed by atoms with Crippen molar-refractivity contribution in [3.05, 3.63) is 70.2 Å². The van der Waals surface area contributed by atoms with E-state index in [-0.39, 0.29) is 6.61 Å². The first kappa shape index (κ1) is 14.6. The van der Waals surface area contributed by atoms with Gasteiger partial charge in [0.1, 0.15) is 0 Å². The number of aliphatic hydroxyl groups excluding tert-OH is 1. The van der Waals surface area contributed by atoms with Crippen molar-refractivity contribution in [2.45, 2.75) is 32.0 Å². The quantitative estimate of drug-likeness (QED) is 0.843. The van der Waals surface area contributed by atoms with Crippen LogP contribution in [0.15, 0.2) is 48.5 Å². The molecular formula is C18H20ClNO. The van der Waals surface area contributed by atoms with Crippen molar-refractivity contribution in [2.75, 3.05) is 0 Å². The number of nitrogens with one attached hydrogen (secondary N) is 1. The Kier molecular flexibility index (Phi) is 4.59. The zero-order valence-electron chi connectivity index (χ0n) is 11.9. The largest absolute Gasteiger partial charge is 0.392 e. The minimum atomic E-state index is 0.0943. The molecule has 0 bridgehead atoms. The topological polar surface area (TPSA) is 32.3 Å². The maximum atomic E-state index is 9.21. The standard InChI is InChI=1S/C18H20ClNO/c19-17-8-6-16(7-9-17)18(15-4-5-15)20-11-13-2-1-3-14(10-13)12-21/h1-3,6-10,15,18,20-21H,4-5,11-12H2. The highest BCUT2D eigenvalue weighted by atomic mass is 35.5. The van der Waals surface area contributed by atoms with Gasteiger partial charge in [0.15, 0.2) is 0 Å². The molecule has 1 atom stereocenters. The third-order valence-electron chi connectivity index (χ3n) is 4.02. The molecule has 0 spiro atoms. The van der Waals surface area contributed by atoms with Gasteiger partial charge in [0, 0.05) is 17.6 Å². The third-order valence-corrected chi connectivity index (χ3v) is 4.27. The molecule has 0 radical (unpaired) electrons. The second kappa shape index (κ2) is 6.61. The molecule has 0 aromatic heterocycles. The Bertz CT molecular complexity index is 592. The number of benzene rings is 2. The van der Waals surface area contributed by atoms with Gasteiger partial charge in [0.25, 0.3) is 0 Å². The fraction of sp³-hybridized carbons (Fsp3) is 0.333. The van der Waals surface area contributed by atoms with Gasteiger partial charge in [-0.05, 0) is 47.6 Å². The van der Waals surface area contributed by atoms with E-state index < -0.39 is 0 Å². The summed E-state index contributed by atoms with van der Waals surface area (Å²) in [5, 5.41) is 13.7. The van der Waals surface area contributed by atoms with Crippen LogP contribution in [0.1, 0.15) is 35.6 Å². The first-order chi connectivity index (χ1) is 10.3. The Balaban J connectivity index is 1.69. The van der Waals surface area contributed by atoms with Crippen LogP contribution in [0.2, 0.25) is 5.02 Å². The Morgan fingerprint density at radius 2 is 1.81 bits per heavy atom. The molecule has 1 unspecified atom stereocenters. The highest BCUT2D eigenvalue weighted by Crippen LogP contribution is 2.41.